The monoisotopic (exact) mass is 282 g/mol. The van der Waals surface area contributed by atoms with E-state index in [9.17, 15) is 4.21 Å². The van der Waals surface area contributed by atoms with Crippen LogP contribution in [0.15, 0.2) is 22.8 Å². The van der Waals surface area contributed by atoms with Crippen molar-refractivity contribution in [2.45, 2.75) is 24.5 Å². The van der Waals surface area contributed by atoms with Gasteiger partial charge in [0.1, 0.15) is 5.69 Å². The van der Waals surface area contributed by atoms with E-state index in [2.05, 4.69) is 4.98 Å². The number of thiazole rings is 1. The minimum absolute atomic E-state index is 0.0636. The van der Waals surface area contributed by atoms with Crippen molar-refractivity contribution < 1.29 is 8.63 Å². The Morgan fingerprint density at radius 2 is 2.39 bits per heavy atom. The van der Waals surface area contributed by atoms with Gasteiger partial charge < -0.3 is 10.2 Å². The van der Waals surface area contributed by atoms with E-state index in [1.54, 1.807) is 6.26 Å². The lowest BCUT2D eigenvalue weighted by molar-refractivity contribution is 0.578. The van der Waals surface area contributed by atoms with Crippen molar-refractivity contribution in [2.24, 2.45) is 0 Å². The highest BCUT2D eigenvalue weighted by atomic mass is 32.2. The lowest BCUT2D eigenvalue weighted by Crippen LogP contribution is -2.15. The smallest absolute Gasteiger partial charge is 0.180 e. The highest BCUT2D eigenvalue weighted by molar-refractivity contribution is 7.85. The maximum atomic E-state index is 12.1. The SMILES string of the molecule is Nc1nc(-c2ccco2)c(C2CCCCS2=O)s1. The van der Waals surface area contributed by atoms with Crippen LogP contribution in [-0.2, 0) is 10.8 Å². The number of furan rings is 1. The molecule has 96 valence electrons. The van der Waals surface area contributed by atoms with Crippen molar-refractivity contribution >= 4 is 27.3 Å². The largest absolute Gasteiger partial charge is 0.463 e. The van der Waals surface area contributed by atoms with Gasteiger partial charge in [0.15, 0.2) is 10.9 Å². The number of hydrogen-bond donors (Lipinski definition) is 1. The molecule has 2 unspecified atom stereocenters. The van der Waals surface area contributed by atoms with E-state index in [0.29, 0.717) is 10.9 Å². The number of rotatable bonds is 2. The van der Waals surface area contributed by atoms with Crippen LogP contribution < -0.4 is 5.73 Å². The molecule has 3 rings (SSSR count). The summed E-state index contributed by atoms with van der Waals surface area (Å²) in [6.07, 6.45) is 4.73. The van der Waals surface area contributed by atoms with E-state index >= 15 is 0 Å². The van der Waals surface area contributed by atoms with Gasteiger partial charge in [-0.2, -0.15) is 0 Å². The molecule has 1 saturated heterocycles. The number of hydrogen-bond acceptors (Lipinski definition) is 5. The highest BCUT2D eigenvalue weighted by Crippen LogP contribution is 2.41. The summed E-state index contributed by atoms with van der Waals surface area (Å²) >= 11 is 1.44. The topological polar surface area (TPSA) is 69.1 Å². The van der Waals surface area contributed by atoms with E-state index < -0.39 is 10.8 Å². The van der Waals surface area contributed by atoms with Crippen LogP contribution in [0, 0.1) is 0 Å². The van der Waals surface area contributed by atoms with Gasteiger partial charge in [-0.25, -0.2) is 4.98 Å². The molecular weight excluding hydrogens is 268 g/mol. The lowest BCUT2D eigenvalue weighted by Gasteiger charge is -2.20. The van der Waals surface area contributed by atoms with Gasteiger partial charge in [0.2, 0.25) is 0 Å². The molecule has 0 bridgehead atoms. The van der Waals surface area contributed by atoms with Gasteiger partial charge in [0, 0.05) is 16.6 Å². The van der Waals surface area contributed by atoms with Gasteiger partial charge in [0.05, 0.1) is 16.4 Å². The average Bonchev–Trinajstić information content (AvgIpc) is 2.98. The molecule has 0 amide bonds. The Hall–Kier alpha value is -1.14. The number of aromatic nitrogens is 1. The second-order valence-corrected chi connectivity index (χ2v) is 7.11. The Morgan fingerprint density at radius 1 is 1.50 bits per heavy atom. The Balaban J connectivity index is 2.03. The van der Waals surface area contributed by atoms with Crippen molar-refractivity contribution in [3.05, 3.63) is 23.3 Å². The van der Waals surface area contributed by atoms with E-state index in [1.165, 1.54) is 11.3 Å². The first-order valence-electron chi connectivity index (χ1n) is 5.93. The van der Waals surface area contributed by atoms with Crippen molar-refractivity contribution in [1.82, 2.24) is 4.98 Å². The second-order valence-electron chi connectivity index (χ2n) is 4.31. The van der Waals surface area contributed by atoms with Crippen molar-refractivity contribution in [3.63, 3.8) is 0 Å². The molecule has 2 atom stereocenters. The van der Waals surface area contributed by atoms with Crippen LogP contribution >= 0.6 is 11.3 Å². The summed E-state index contributed by atoms with van der Waals surface area (Å²) in [5.74, 6) is 1.49. The Kier molecular flexibility index (Phi) is 3.22. The summed E-state index contributed by atoms with van der Waals surface area (Å²) in [4.78, 5) is 5.35. The molecule has 1 aliphatic rings. The molecule has 18 heavy (non-hydrogen) atoms. The van der Waals surface area contributed by atoms with Crippen LogP contribution in [0.5, 0.6) is 0 Å². The molecule has 0 saturated carbocycles. The molecular formula is C12H14N2O2S2. The highest BCUT2D eigenvalue weighted by Gasteiger charge is 2.28. The predicted octanol–water partition coefficient (Wildman–Crippen LogP) is 2.96. The summed E-state index contributed by atoms with van der Waals surface area (Å²) in [6, 6.07) is 3.69. The Bertz CT molecular complexity index is 563. The normalized spacial score (nSPS) is 24.2. The Morgan fingerprint density at radius 3 is 3.11 bits per heavy atom. The third kappa shape index (κ3) is 2.10. The molecule has 0 radical (unpaired) electrons. The number of nitrogen functional groups attached to an aromatic ring is 1. The Labute approximate surface area is 112 Å². The van der Waals surface area contributed by atoms with E-state index in [0.717, 1.165) is 35.6 Å². The lowest BCUT2D eigenvalue weighted by atomic mass is 10.1. The average molecular weight is 282 g/mol. The first-order valence-corrected chi connectivity index (χ1v) is 8.13. The fraction of sp³-hybridized carbons (Fsp3) is 0.417. The zero-order valence-corrected chi connectivity index (χ0v) is 11.4. The van der Waals surface area contributed by atoms with Crippen molar-refractivity contribution in [3.8, 4) is 11.5 Å². The number of nitrogens with zero attached hydrogens (tertiary/aromatic N) is 1. The number of nitrogens with two attached hydrogens (primary N) is 1. The second kappa shape index (κ2) is 4.85. The van der Waals surface area contributed by atoms with Crippen LogP contribution in [0.3, 0.4) is 0 Å². The van der Waals surface area contributed by atoms with E-state index in [4.69, 9.17) is 10.2 Å². The summed E-state index contributed by atoms with van der Waals surface area (Å²) in [5, 5.41) is 0.577. The number of anilines is 1. The molecule has 1 fully saturated rings. The molecule has 2 aromatic heterocycles. The quantitative estimate of drug-likeness (QED) is 0.919. The van der Waals surface area contributed by atoms with Crippen LogP contribution in [-0.4, -0.2) is 14.9 Å². The minimum Gasteiger partial charge on any atom is -0.463 e. The third-order valence-corrected chi connectivity index (χ3v) is 6.04. The molecule has 0 aromatic carbocycles. The third-order valence-electron chi connectivity index (χ3n) is 3.10. The zero-order chi connectivity index (χ0) is 12.5. The van der Waals surface area contributed by atoms with Gasteiger partial charge in [-0.3, -0.25) is 4.21 Å². The van der Waals surface area contributed by atoms with Crippen LogP contribution in [0.25, 0.3) is 11.5 Å². The van der Waals surface area contributed by atoms with Crippen LogP contribution in [0.2, 0.25) is 0 Å². The summed E-state index contributed by atoms with van der Waals surface area (Å²) in [5.41, 5.74) is 6.57. The van der Waals surface area contributed by atoms with E-state index in [1.807, 2.05) is 12.1 Å². The fourth-order valence-corrected chi connectivity index (χ4v) is 5.13. The zero-order valence-electron chi connectivity index (χ0n) is 9.80. The first kappa shape index (κ1) is 11.9. The van der Waals surface area contributed by atoms with Gasteiger partial charge in [-0.15, -0.1) is 11.3 Å². The van der Waals surface area contributed by atoms with Crippen LogP contribution in [0.1, 0.15) is 29.4 Å². The van der Waals surface area contributed by atoms with Gasteiger partial charge in [-0.1, -0.05) is 6.42 Å². The molecule has 1 aliphatic heterocycles. The van der Waals surface area contributed by atoms with Crippen molar-refractivity contribution in [2.75, 3.05) is 11.5 Å². The van der Waals surface area contributed by atoms with Crippen molar-refractivity contribution in [1.29, 1.82) is 0 Å². The fourth-order valence-electron chi connectivity index (χ4n) is 2.26. The summed E-state index contributed by atoms with van der Waals surface area (Å²) in [6.45, 7) is 0. The molecule has 6 heteroatoms. The van der Waals surface area contributed by atoms with Gasteiger partial charge >= 0.3 is 0 Å². The van der Waals surface area contributed by atoms with Gasteiger partial charge in [-0.05, 0) is 25.0 Å². The first-order chi connectivity index (χ1) is 8.75. The molecule has 2 aromatic rings. The molecule has 2 N–H and O–H groups in total. The molecule has 0 aliphatic carbocycles. The maximum absolute atomic E-state index is 12.1. The minimum atomic E-state index is -0.814. The van der Waals surface area contributed by atoms with Gasteiger partial charge in [0.25, 0.3) is 0 Å². The molecule has 0 spiro atoms. The predicted molar refractivity (Wildman–Crippen MR) is 73.8 cm³/mol. The molecule has 3 heterocycles. The van der Waals surface area contributed by atoms with Crippen LogP contribution in [0.4, 0.5) is 5.13 Å². The summed E-state index contributed by atoms with van der Waals surface area (Å²) < 4.78 is 17.5. The molecule has 4 nitrogen and oxygen atoms in total. The summed E-state index contributed by atoms with van der Waals surface area (Å²) in [7, 11) is -0.814. The standard InChI is InChI=1S/C12H14N2O2S2/c13-12-14-10(8-4-3-6-16-8)11(17-12)9-5-1-2-7-18(9)15/h3-4,6,9H,1-2,5,7H2,(H2,13,14). The van der Waals surface area contributed by atoms with E-state index in [-0.39, 0.29) is 5.25 Å². The maximum Gasteiger partial charge on any atom is 0.180 e.